The second kappa shape index (κ2) is 4.96. The third-order valence-corrected chi connectivity index (χ3v) is 4.66. The Balaban J connectivity index is 1.81. The Labute approximate surface area is 114 Å². The highest BCUT2D eigenvalue weighted by Crippen LogP contribution is 2.37. The summed E-state index contributed by atoms with van der Waals surface area (Å²) < 4.78 is 5.20. The monoisotopic (exact) mass is 262 g/mol. The highest BCUT2D eigenvalue weighted by molar-refractivity contribution is 5.42. The van der Waals surface area contributed by atoms with E-state index in [2.05, 4.69) is 26.8 Å². The van der Waals surface area contributed by atoms with E-state index < -0.39 is 0 Å². The Kier molecular flexibility index (Phi) is 3.31. The molecule has 3 heterocycles. The topological polar surface area (TPSA) is 41.5 Å². The summed E-state index contributed by atoms with van der Waals surface area (Å²) in [5, 5.41) is 0. The number of aromatic nitrogens is 2. The molecule has 5 heteroatoms. The summed E-state index contributed by atoms with van der Waals surface area (Å²) in [6.07, 6.45) is 6.76. The van der Waals surface area contributed by atoms with Crippen LogP contribution in [-0.2, 0) is 0 Å². The number of nitrogens with zero attached hydrogens (tertiary/aromatic N) is 4. The molecule has 0 aromatic carbocycles. The zero-order chi connectivity index (χ0) is 13.3. The lowest BCUT2D eigenvalue weighted by atomic mass is 9.86. The molecule has 1 aromatic heterocycles. The van der Waals surface area contributed by atoms with Gasteiger partial charge in [0.15, 0.2) is 0 Å². The fourth-order valence-corrected chi connectivity index (χ4v) is 3.51. The molecule has 0 saturated carbocycles. The normalized spacial score (nSPS) is 28.0. The van der Waals surface area contributed by atoms with Crippen molar-refractivity contribution in [2.45, 2.75) is 31.2 Å². The highest BCUT2D eigenvalue weighted by Gasteiger charge is 2.42. The molecule has 19 heavy (non-hydrogen) atoms. The van der Waals surface area contributed by atoms with Gasteiger partial charge in [0.2, 0.25) is 5.88 Å². The van der Waals surface area contributed by atoms with Gasteiger partial charge in [-0.2, -0.15) is 0 Å². The van der Waals surface area contributed by atoms with Crippen molar-refractivity contribution in [3.63, 3.8) is 0 Å². The predicted octanol–water partition coefficient (Wildman–Crippen LogP) is 1.55. The van der Waals surface area contributed by atoms with Crippen LogP contribution >= 0.6 is 0 Å². The highest BCUT2D eigenvalue weighted by atomic mass is 16.5. The lowest BCUT2D eigenvalue weighted by Gasteiger charge is -2.45. The van der Waals surface area contributed by atoms with Gasteiger partial charge in [-0.25, -0.2) is 9.97 Å². The van der Waals surface area contributed by atoms with Crippen LogP contribution in [0, 0.1) is 0 Å². The maximum atomic E-state index is 5.20. The number of likely N-dealkylation sites (N-methyl/N-ethyl adjacent to an activating group) is 1. The van der Waals surface area contributed by atoms with E-state index in [0.29, 0.717) is 11.4 Å². The van der Waals surface area contributed by atoms with Gasteiger partial charge in [0, 0.05) is 24.7 Å². The van der Waals surface area contributed by atoms with E-state index in [9.17, 15) is 0 Å². The number of piperidine rings is 1. The molecular weight excluding hydrogens is 240 g/mol. The number of hydrogen-bond acceptors (Lipinski definition) is 5. The molecule has 1 spiro atoms. The van der Waals surface area contributed by atoms with Crippen molar-refractivity contribution >= 4 is 5.82 Å². The minimum Gasteiger partial charge on any atom is -0.481 e. The fourth-order valence-electron chi connectivity index (χ4n) is 3.51. The van der Waals surface area contributed by atoms with Gasteiger partial charge in [0.05, 0.1) is 7.11 Å². The van der Waals surface area contributed by atoms with E-state index in [1.165, 1.54) is 32.2 Å². The van der Waals surface area contributed by atoms with E-state index in [1.54, 1.807) is 13.4 Å². The van der Waals surface area contributed by atoms with Gasteiger partial charge >= 0.3 is 0 Å². The van der Waals surface area contributed by atoms with Gasteiger partial charge in [-0.15, -0.1) is 0 Å². The second-order valence-corrected chi connectivity index (χ2v) is 5.69. The smallest absolute Gasteiger partial charge is 0.218 e. The van der Waals surface area contributed by atoms with Gasteiger partial charge in [-0.3, -0.25) is 4.90 Å². The lowest BCUT2D eigenvalue weighted by molar-refractivity contribution is 0.147. The fraction of sp³-hybridized carbons (Fsp3) is 0.714. The van der Waals surface area contributed by atoms with Crippen LogP contribution in [-0.4, -0.2) is 54.2 Å². The Morgan fingerprint density at radius 1 is 1.21 bits per heavy atom. The molecule has 2 aliphatic rings. The van der Waals surface area contributed by atoms with Gasteiger partial charge in [0.1, 0.15) is 12.1 Å². The Bertz CT molecular complexity index is 453. The van der Waals surface area contributed by atoms with E-state index in [4.69, 9.17) is 4.74 Å². The van der Waals surface area contributed by atoms with Crippen molar-refractivity contribution in [1.82, 2.24) is 14.9 Å². The average molecular weight is 262 g/mol. The van der Waals surface area contributed by atoms with Crippen molar-refractivity contribution in [3.8, 4) is 5.88 Å². The summed E-state index contributed by atoms with van der Waals surface area (Å²) in [7, 11) is 3.91. The predicted molar refractivity (Wildman–Crippen MR) is 74.6 cm³/mol. The summed E-state index contributed by atoms with van der Waals surface area (Å²) in [6, 6.07) is 1.94. The summed E-state index contributed by atoms with van der Waals surface area (Å²) >= 11 is 0. The van der Waals surface area contributed by atoms with Crippen molar-refractivity contribution in [2.75, 3.05) is 38.7 Å². The van der Waals surface area contributed by atoms with Crippen LogP contribution in [0.25, 0.3) is 0 Å². The third-order valence-electron chi connectivity index (χ3n) is 4.66. The first-order chi connectivity index (χ1) is 9.23. The Morgan fingerprint density at radius 2 is 2.00 bits per heavy atom. The van der Waals surface area contributed by atoms with Crippen LogP contribution in [0.15, 0.2) is 12.4 Å². The first-order valence-corrected chi connectivity index (χ1v) is 7.06. The molecule has 104 valence electrons. The van der Waals surface area contributed by atoms with E-state index in [-0.39, 0.29) is 0 Å². The molecule has 1 atom stereocenters. The standard InChI is InChI=1S/C14H22N4O/c1-17-7-3-5-14(17)6-4-8-18(10-14)12-9-13(19-2)16-11-15-12/h9,11H,3-8,10H2,1-2H3/t14-/m0/s1. The minimum absolute atomic E-state index is 0.358. The maximum Gasteiger partial charge on any atom is 0.218 e. The minimum atomic E-state index is 0.358. The molecule has 2 saturated heterocycles. The molecule has 0 radical (unpaired) electrons. The van der Waals surface area contributed by atoms with Crippen LogP contribution < -0.4 is 9.64 Å². The average Bonchev–Trinajstić information content (AvgIpc) is 2.80. The molecule has 3 rings (SSSR count). The molecule has 5 nitrogen and oxygen atoms in total. The number of hydrogen-bond donors (Lipinski definition) is 0. The molecule has 0 bridgehead atoms. The summed E-state index contributed by atoms with van der Waals surface area (Å²) in [5.41, 5.74) is 0.358. The van der Waals surface area contributed by atoms with Crippen molar-refractivity contribution in [2.24, 2.45) is 0 Å². The Morgan fingerprint density at radius 3 is 2.74 bits per heavy atom. The summed E-state index contributed by atoms with van der Waals surface area (Å²) in [5.74, 6) is 1.63. The first-order valence-electron chi connectivity index (χ1n) is 7.06. The Hall–Kier alpha value is -1.36. The summed E-state index contributed by atoms with van der Waals surface area (Å²) in [4.78, 5) is 13.4. The first kappa shape index (κ1) is 12.7. The molecule has 1 aromatic rings. The van der Waals surface area contributed by atoms with Crippen LogP contribution in [0.2, 0.25) is 0 Å². The van der Waals surface area contributed by atoms with Crippen LogP contribution in [0.5, 0.6) is 5.88 Å². The van der Waals surface area contributed by atoms with Crippen LogP contribution in [0.4, 0.5) is 5.82 Å². The molecule has 0 N–H and O–H groups in total. The van der Waals surface area contributed by atoms with Gasteiger partial charge in [0.25, 0.3) is 0 Å². The lowest BCUT2D eigenvalue weighted by Crippen LogP contribution is -2.54. The van der Waals surface area contributed by atoms with Crippen molar-refractivity contribution < 1.29 is 4.74 Å². The molecule has 0 amide bonds. The van der Waals surface area contributed by atoms with Crippen LogP contribution in [0.1, 0.15) is 25.7 Å². The molecule has 0 unspecified atom stereocenters. The van der Waals surface area contributed by atoms with Gasteiger partial charge in [-0.1, -0.05) is 0 Å². The van der Waals surface area contributed by atoms with Crippen LogP contribution in [0.3, 0.4) is 0 Å². The molecule has 2 aliphatic heterocycles. The largest absolute Gasteiger partial charge is 0.481 e. The molecule has 0 aliphatic carbocycles. The van der Waals surface area contributed by atoms with E-state index in [1.807, 2.05) is 6.07 Å². The third kappa shape index (κ3) is 2.27. The number of rotatable bonds is 2. The number of likely N-dealkylation sites (tertiary alicyclic amines) is 1. The van der Waals surface area contributed by atoms with Crippen molar-refractivity contribution in [1.29, 1.82) is 0 Å². The van der Waals surface area contributed by atoms with Gasteiger partial charge in [-0.05, 0) is 39.3 Å². The van der Waals surface area contributed by atoms with Crippen molar-refractivity contribution in [3.05, 3.63) is 12.4 Å². The quantitative estimate of drug-likeness (QED) is 0.809. The maximum absolute atomic E-state index is 5.20. The zero-order valence-corrected chi connectivity index (χ0v) is 11.8. The second-order valence-electron chi connectivity index (χ2n) is 5.69. The molecule has 2 fully saturated rings. The summed E-state index contributed by atoms with van der Waals surface area (Å²) in [6.45, 7) is 3.38. The van der Waals surface area contributed by atoms with Gasteiger partial charge < -0.3 is 9.64 Å². The number of ether oxygens (including phenoxy) is 1. The molecular formula is C14H22N4O. The number of anilines is 1. The number of methoxy groups -OCH3 is 1. The SMILES string of the molecule is COc1cc(N2CCC[C@@]3(CCCN3C)C2)ncn1. The van der Waals surface area contributed by atoms with E-state index >= 15 is 0 Å². The van der Waals surface area contributed by atoms with E-state index in [0.717, 1.165) is 18.9 Å². The zero-order valence-electron chi connectivity index (χ0n) is 11.8.